The Labute approximate surface area is 150 Å². The highest BCUT2D eigenvalue weighted by Crippen LogP contribution is 2.35. The summed E-state index contributed by atoms with van der Waals surface area (Å²) in [4.78, 5) is 23.0. The van der Waals surface area contributed by atoms with Crippen LogP contribution in [0.15, 0.2) is 24.3 Å². The molecule has 1 heterocycles. The molecule has 1 saturated heterocycles. The monoisotopic (exact) mass is 372 g/mol. The number of alkyl halides is 2. The van der Waals surface area contributed by atoms with Gasteiger partial charge in [-0.05, 0) is 31.7 Å². The second-order valence-corrected chi connectivity index (χ2v) is 5.99. The lowest BCUT2D eigenvalue weighted by Gasteiger charge is -2.11. The van der Waals surface area contributed by atoms with Gasteiger partial charge in [-0.25, -0.2) is 13.6 Å². The summed E-state index contributed by atoms with van der Waals surface area (Å²) in [5.41, 5.74) is 1.30. The molecule has 26 heavy (non-hydrogen) atoms. The van der Waals surface area contributed by atoms with Gasteiger partial charge >= 0.3 is 6.16 Å². The maximum Gasteiger partial charge on any atom is 0.508 e. The van der Waals surface area contributed by atoms with Crippen molar-refractivity contribution in [2.24, 2.45) is 0 Å². The number of anilines is 1. The lowest BCUT2D eigenvalue weighted by atomic mass is 10.1. The second kappa shape index (κ2) is 8.91. The minimum Gasteiger partial charge on any atom is -0.432 e. The molecule has 9 heteroatoms. The van der Waals surface area contributed by atoms with Crippen LogP contribution in [0.2, 0.25) is 0 Å². The fraction of sp³-hybridized carbons (Fsp3) is 0.529. The highest BCUT2D eigenvalue weighted by atomic mass is 19.3. The second-order valence-electron chi connectivity index (χ2n) is 5.99. The number of halogens is 2. The van der Waals surface area contributed by atoms with E-state index < -0.39 is 30.7 Å². The normalized spacial score (nSPS) is 21.2. The molecular formula is C17H22F2N2O5. The Hall–Kier alpha value is -2.26. The zero-order chi connectivity index (χ0) is 19.2. The van der Waals surface area contributed by atoms with Crippen LogP contribution in [-0.2, 0) is 25.6 Å². The van der Waals surface area contributed by atoms with Crippen LogP contribution in [0.3, 0.4) is 0 Å². The SMILES string of the molecule is CNCC(=O)Nc1ccc(COC(=O)OC[C@@H]2CC(F)(F)[C@H](C)O2)cc1. The minimum absolute atomic E-state index is 0.0400. The molecule has 2 N–H and O–H groups in total. The van der Waals surface area contributed by atoms with E-state index in [9.17, 15) is 18.4 Å². The molecule has 1 aliphatic heterocycles. The zero-order valence-corrected chi connectivity index (χ0v) is 14.6. The molecule has 2 atom stereocenters. The molecule has 1 amide bonds. The van der Waals surface area contributed by atoms with E-state index in [2.05, 4.69) is 10.6 Å². The van der Waals surface area contributed by atoms with Gasteiger partial charge in [0, 0.05) is 12.1 Å². The summed E-state index contributed by atoms with van der Waals surface area (Å²) in [6, 6.07) is 6.72. The predicted molar refractivity (Wildman–Crippen MR) is 89.0 cm³/mol. The fourth-order valence-corrected chi connectivity index (χ4v) is 2.40. The fourth-order valence-electron chi connectivity index (χ4n) is 2.40. The van der Waals surface area contributed by atoms with Crippen LogP contribution < -0.4 is 10.6 Å². The van der Waals surface area contributed by atoms with Crippen LogP contribution in [-0.4, -0.2) is 50.4 Å². The summed E-state index contributed by atoms with van der Waals surface area (Å²) in [6.45, 7) is 1.16. The standard InChI is InChI=1S/C17H22F2N2O5/c1-11-17(18,19)7-14(26-11)10-25-16(23)24-9-12-3-5-13(6-4-12)21-15(22)8-20-2/h3-6,11,14,20H,7-10H2,1-2H3,(H,21,22)/t11-,14-/m0/s1. The molecule has 2 rings (SSSR count). The molecule has 7 nitrogen and oxygen atoms in total. The largest absolute Gasteiger partial charge is 0.508 e. The van der Waals surface area contributed by atoms with Gasteiger partial charge in [-0.1, -0.05) is 12.1 Å². The first-order chi connectivity index (χ1) is 12.3. The molecule has 144 valence electrons. The number of carbonyl (C=O) groups excluding carboxylic acids is 2. The summed E-state index contributed by atoms with van der Waals surface area (Å²) in [5, 5.41) is 5.42. The number of hydrogen-bond donors (Lipinski definition) is 2. The average Bonchev–Trinajstić information content (AvgIpc) is 2.85. The molecule has 0 radical (unpaired) electrons. The van der Waals surface area contributed by atoms with Crippen molar-refractivity contribution in [3.8, 4) is 0 Å². The van der Waals surface area contributed by atoms with Crippen LogP contribution in [0.25, 0.3) is 0 Å². The Morgan fingerprint density at radius 3 is 2.54 bits per heavy atom. The third-order valence-corrected chi connectivity index (χ3v) is 3.81. The Bertz CT molecular complexity index is 624. The smallest absolute Gasteiger partial charge is 0.432 e. The van der Waals surface area contributed by atoms with E-state index in [1.165, 1.54) is 6.92 Å². The van der Waals surface area contributed by atoms with Crippen molar-refractivity contribution in [3.63, 3.8) is 0 Å². The number of ether oxygens (including phenoxy) is 3. The summed E-state index contributed by atoms with van der Waals surface area (Å²) >= 11 is 0. The first-order valence-electron chi connectivity index (χ1n) is 8.16. The number of carbonyl (C=O) groups is 2. The molecule has 0 spiro atoms. The van der Waals surface area contributed by atoms with Crippen LogP contribution in [0.5, 0.6) is 0 Å². The highest BCUT2D eigenvalue weighted by molar-refractivity contribution is 5.92. The van der Waals surface area contributed by atoms with Gasteiger partial charge in [-0.2, -0.15) is 0 Å². The number of likely N-dealkylation sites (N-methyl/N-ethyl adjacent to an activating group) is 1. The Kier molecular flexibility index (Phi) is 6.87. The van der Waals surface area contributed by atoms with Gasteiger partial charge in [0.2, 0.25) is 5.91 Å². The lowest BCUT2D eigenvalue weighted by Crippen LogP contribution is -2.25. The van der Waals surface area contributed by atoms with Crippen LogP contribution in [0.1, 0.15) is 18.9 Å². The molecule has 1 aromatic carbocycles. The van der Waals surface area contributed by atoms with Crippen molar-refractivity contribution < 1.29 is 32.6 Å². The van der Waals surface area contributed by atoms with Crippen LogP contribution in [0.4, 0.5) is 19.3 Å². The molecule has 1 fully saturated rings. The summed E-state index contributed by atoms with van der Waals surface area (Å²) in [7, 11) is 1.67. The van der Waals surface area contributed by atoms with E-state index in [1.807, 2.05) is 0 Å². The van der Waals surface area contributed by atoms with Gasteiger partial charge in [0.25, 0.3) is 5.92 Å². The summed E-state index contributed by atoms with van der Waals surface area (Å²) in [5.74, 6) is -3.09. The predicted octanol–water partition coefficient (Wildman–Crippen LogP) is 2.31. The Morgan fingerprint density at radius 1 is 1.27 bits per heavy atom. The van der Waals surface area contributed by atoms with Crippen molar-refractivity contribution in [1.82, 2.24) is 5.32 Å². The van der Waals surface area contributed by atoms with Crippen LogP contribution in [0, 0.1) is 0 Å². The van der Waals surface area contributed by atoms with E-state index in [4.69, 9.17) is 14.2 Å². The molecule has 0 aliphatic carbocycles. The van der Waals surface area contributed by atoms with E-state index in [0.29, 0.717) is 11.3 Å². The number of benzene rings is 1. The molecule has 1 aromatic rings. The molecule has 0 bridgehead atoms. The maximum atomic E-state index is 13.3. The Morgan fingerprint density at radius 2 is 1.96 bits per heavy atom. The van der Waals surface area contributed by atoms with Crippen LogP contribution >= 0.6 is 0 Å². The third-order valence-electron chi connectivity index (χ3n) is 3.81. The number of nitrogens with one attached hydrogen (secondary N) is 2. The molecule has 1 aliphatic rings. The van der Waals surface area contributed by atoms with Gasteiger partial charge in [0.1, 0.15) is 19.3 Å². The molecule has 0 unspecified atom stereocenters. The van der Waals surface area contributed by atoms with E-state index in [1.54, 1.807) is 31.3 Å². The number of amides is 1. The maximum absolute atomic E-state index is 13.3. The van der Waals surface area contributed by atoms with Crippen molar-refractivity contribution in [2.75, 3.05) is 25.5 Å². The number of hydrogen-bond acceptors (Lipinski definition) is 6. The molecule has 0 aromatic heterocycles. The Balaban J connectivity index is 1.70. The van der Waals surface area contributed by atoms with Crippen molar-refractivity contribution in [2.45, 2.75) is 38.1 Å². The van der Waals surface area contributed by atoms with Crippen molar-refractivity contribution >= 4 is 17.7 Å². The van der Waals surface area contributed by atoms with Gasteiger partial charge < -0.3 is 24.8 Å². The molecule has 0 saturated carbocycles. The quantitative estimate of drug-likeness (QED) is 0.715. The third kappa shape index (κ3) is 5.92. The van der Waals surface area contributed by atoms with Gasteiger partial charge in [-0.3, -0.25) is 4.79 Å². The van der Waals surface area contributed by atoms with Gasteiger partial charge in [0.15, 0.2) is 0 Å². The van der Waals surface area contributed by atoms with Gasteiger partial charge in [-0.15, -0.1) is 0 Å². The highest BCUT2D eigenvalue weighted by Gasteiger charge is 2.47. The first kappa shape index (κ1) is 20.1. The number of rotatable bonds is 7. The average molecular weight is 372 g/mol. The lowest BCUT2D eigenvalue weighted by molar-refractivity contribution is -0.115. The van der Waals surface area contributed by atoms with Crippen molar-refractivity contribution in [1.29, 1.82) is 0 Å². The molecular weight excluding hydrogens is 350 g/mol. The zero-order valence-electron chi connectivity index (χ0n) is 14.6. The van der Waals surface area contributed by atoms with Gasteiger partial charge in [0.05, 0.1) is 12.6 Å². The first-order valence-corrected chi connectivity index (χ1v) is 8.16. The van der Waals surface area contributed by atoms with Crippen molar-refractivity contribution in [3.05, 3.63) is 29.8 Å². The van der Waals surface area contributed by atoms with E-state index in [0.717, 1.165) is 0 Å². The van der Waals surface area contributed by atoms with E-state index in [-0.39, 0.29) is 25.7 Å². The van der Waals surface area contributed by atoms with E-state index >= 15 is 0 Å². The minimum atomic E-state index is -2.91. The summed E-state index contributed by atoms with van der Waals surface area (Å²) in [6.07, 6.45) is -3.47. The topological polar surface area (TPSA) is 85.9 Å². The summed E-state index contributed by atoms with van der Waals surface area (Å²) < 4.78 is 41.4.